The zero-order chi connectivity index (χ0) is 24.1. The summed E-state index contributed by atoms with van der Waals surface area (Å²) in [6.45, 7) is 12.7. The fraction of sp³-hybridized carbons (Fsp3) is 0.333. The Bertz CT molecular complexity index is 1370. The van der Waals surface area contributed by atoms with Crippen molar-refractivity contribution in [2.45, 2.75) is 34.6 Å². The molecule has 0 bridgehead atoms. The van der Waals surface area contributed by atoms with Crippen molar-refractivity contribution in [1.29, 1.82) is 0 Å². The molecule has 0 atom stereocenters. The van der Waals surface area contributed by atoms with Crippen LogP contribution in [0.1, 0.15) is 33.3 Å². The van der Waals surface area contributed by atoms with E-state index in [1.165, 1.54) is 0 Å². The Morgan fingerprint density at radius 2 is 1.79 bits per heavy atom. The van der Waals surface area contributed by atoms with Gasteiger partial charge < -0.3 is 19.9 Å². The van der Waals surface area contributed by atoms with E-state index in [1.54, 1.807) is 26.0 Å². The van der Waals surface area contributed by atoms with E-state index in [4.69, 9.17) is 9.47 Å². The number of fused-ring (bicyclic) bond motifs is 4. The lowest BCUT2D eigenvalue weighted by molar-refractivity contribution is -0.139. The maximum atomic E-state index is 12.3. The topological polar surface area (TPSA) is 98.6 Å². The SMILES string of the molecule is C=C(C)C(=O)OCCOc1ccc(-n2n3c4ccc(NC(=O)C(C)(C)C)cc4n23)c(O)c1C. The summed E-state index contributed by atoms with van der Waals surface area (Å²) in [6, 6.07) is 9.23. The molecule has 0 fully saturated rings. The highest BCUT2D eigenvalue weighted by Crippen LogP contribution is 2.37. The predicted octanol–water partition coefficient (Wildman–Crippen LogP) is 3.92. The zero-order valence-corrected chi connectivity index (χ0v) is 19.4. The second kappa shape index (κ2) is 7.91. The summed E-state index contributed by atoms with van der Waals surface area (Å²) >= 11 is 0. The number of benzene rings is 2. The van der Waals surface area contributed by atoms with Gasteiger partial charge in [-0.2, -0.15) is 0 Å². The van der Waals surface area contributed by atoms with Crippen LogP contribution in [0.25, 0.3) is 16.7 Å². The lowest BCUT2D eigenvalue weighted by atomic mass is 9.95. The third-order valence-corrected chi connectivity index (χ3v) is 5.35. The summed E-state index contributed by atoms with van der Waals surface area (Å²) in [5.41, 5.74) is 3.64. The van der Waals surface area contributed by atoms with E-state index in [-0.39, 0.29) is 24.9 Å². The molecule has 0 aliphatic carbocycles. The molecule has 0 unspecified atom stereocenters. The van der Waals surface area contributed by atoms with Gasteiger partial charge >= 0.3 is 5.97 Å². The first-order valence-corrected chi connectivity index (χ1v) is 10.6. The number of hydrogen-bond donors (Lipinski definition) is 2. The first-order valence-electron chi connectivity index (χ1n) is 10.6. The number of anilines is 1. The van der Waals surface area contributed by atoms with Crippen molar-refractivity contribution in [3.63, 3.8) is 0 Å². The van der Waals surface area contributed by atoms with Gasteiger partial charge in [0, 0.05) is 22.2 Å². The molecule has 0 saturated carbocycles. The van der Waals surface area contributed by atoms with Crippen molar-refractivity contribution in [3.8, 4) is 17.2 Å². The Morgan fingerprint density at radius 1 is 1.09 bits per heavy atom. The number of carbonyl (C=O) groups is 2. The van der Waals surface area contributed by atoms with Gasteiger partial charge in [-0.15, -0.1) is 14.1 Å². The quantitative estimate of drug-likeness (QED) is 0.252. The van der Waals surface area contributed by atoms with Crippen LogP contribution in [0, 0.1) is 12.3 Å². The van der Waals surface area contributed by atoms with Crippen LogP contribution in [0.3, 0.4) is 0 Å². The van der Waals surface area contributed by atoms with E-state index in [0.717, 1.165) is 16.7 Å². The van der Waals surface area contributed by atoms with Crippen molar-refractivity contribution in [1.82, 2.24) is 14.1 Å². The summed E-state index contributed by atoms with van der Waals surface area (Å²) in [5.74, 6) is 0.0772. The van der Waals surface area contributed by atoms with Crippen molar-refractivity contribution < 1.29 is 24.2 Å². The number of aromatic hydroxyl groups is 1. The van der Waals surface area contributed by atoms with Gasteiger partial charge in [0.15, 0.2) is 0 Å². The molecule has 33 heavy (non-hydrogen) atoms. The maximum Gasteiger partial charge on any atom is 0.333 e. The molecule has 4 aromatic rings. The highest BCUT2D eigenvalue weighted by molar-refractivity contribution is 5.96. The summed E-state index contributed by atoms with van der Waals surface area (Å²) in [4.78, 5) is 25.5. The molecular weight excluding hydrogens is 424 g/mol. The third kappa shape index (κ3) is 4.02. The number of hydrogen-bond acceptors (Lipinski definition) is 5. The summed E-state index contributed by atoms with van der Waals surface area (Å²) in [5, 5.41) is 13.7. The van der Waals surface area contributed by atoms with Crippen LogP contribution < -0.4 is 10.1 Å². The molecule has 0 aliphatic heterocycles. The molecule has 2 aromatic carbocycles. The minimum Gasteiger partial charge on any atom is -0.505 e. The van der Waals surface area contributed by atoms with Gasteiger partial charge in [-0.25, -0.2) is 4.79 Å². The second-order valence-corrected chi connectivity index (χ2v) is 9.10. The number of carbonyl (C=O) groups excluding carboxylic acids is 2. The van der Waals surface area contributed by atoms with Crippen LogP contribution in [0.2, 0.25) is 0 Å². The van der Waals surface area contributed by atoms with E-state index in [9.17, 15) is 14.7 Å². The first-order chi connectivity index (χ1) is 15.5. The molecule has 9 nitrogen and oxygen atoms in total. The third-order valence-electron chi connectivity index (χ3n) is 5.35. The Labute approximate surface area is 191 Å². The Balaban J connectivity index is 1.50. The molecule has 2 N–H and O–H groups in total. The number of nitrogens with zero attached hydrogens (tertiary/aromatic N) is 3. The second-order valence-electron chi connectivity index (χ2n) is 9.10. The summed E-state index contributed by atoms with van der Waals surface area (Å²) in [7, 11) is 0. The van der Waals surface area contributed by atoms with Crippen molar-refractivity contribution in [2.24, 2.45) is 5.41 Å². The standard InChI is InChI=1S/C24H28N4O5/c1-14(2)22(30)33-12-11-32-20-10-9-18(21(29)15(20)3)27-26-17-8-7-16(13-19(17)28(26)27)25-23(31)24(4,5)6/h7-10,13,29H,1,11-12H2,2-6H3,(H,25,31). The van der Waals surface area contributed by atoms with E-state index in [0.29, 0.717) is 22.6 Å². The number of esters is 1. The number of ether oxygens (including phenoxy) is 2. The number of aromatic nitrogens is 3. The average molecular weight is 453 g/mol. The average Bonchev–Trinajstić information content (AvgIpc) is 3.40. The Hall–Kier alpha value is -3.88. The van der Waals surface area contributed by atoms with E-state index < -0.39 is 11.4 Å². The predicted molar refractivity (Wildman–Crippen MR) is 125 cm³/mol. The molecule has 0 aliphatic rings. The smallest absolute Gasteiger partial charge is 0.333 e. The summed E-state index contributed by atoms with van der Waals surface area (Å²) in [6.07, 6.45) is 0. The van der Waals surface area contributed by atoms with Crippen molar-refractivity contribution in [3.05, 3.63) is 48.0 Å². The molecule has 0 spiro atoms. The number of amides is 1. The van der Waals surface area contributed by atoms with E-state index >= 15 is 0 Å². The lowest BCUT2D eigenvalue weighted by Gasteiger charge is -2.17. The van der Waals surface area contributed by atoms with Crippen molar-refractivity contribution >= 4 is 28.6 Å². The Morgan fingerprint density at radius 3 is 2.45 bits per heavy atom. The van der Waals surface area contributed by atoms with Gasteiger partial charge in [0.05, 0.1) is 0 Å². The molecule has 0 saturated heterocycles. The lowest BCUT2D eigenvalue weighted by Crippen LogP contribution is -2.27. The maximum absolute atomic E-state index is 12.3. The normalized spacial score (nSPS) is 11.9. The van der Waals surface area contributed by atoms with Crippen LogP contribution in [0.5, 0.6) is 11.5 Å². The molecule has 174 valence electrons. The van der Waals surface area contributed by atoms with Crippen LogP contribution in [0.4, 0.5) is 5.69 Å². The Kier molecular flexibility index (Phi) is 5.35. The highest BCUT2D eigenvalue weighted by Gasteiger charge is 2.28. The molecule has 0 radical (unpaired) electrons. The first kappa shape index (κ1) is 22.3. The van der Waals surface area contributed by atoms with Gasteiger partial charge in [-0.3, -0.25) is 4.79 Å². The van der Waals surface area contributed by atoms with E-state index in [2.05, 4.69) is 11.9 Å². The fourth-order valence-corrected chi connectivity index (χ4v) is 3.34. The summed E-state index contributed by atoms with van der Waals surface area (Å²) < 4.78 is 14.5. The molecule has 4 rings (SSSR count). The van der Waals surface area contributed by atoms with Gasteiger partial charge in [0.2, 0.25) is 5.91 Å². The molecule has 9 heteroatoms. The molecular formula is C24H28N4O5. The highest BCUT2D eigenvalue weighted by atomic mass is 16.6. The van der Waals surface area contributed by atoms with Crippen LogP contribution in [-0.4, -0.2) is 44.3 Å². The van der Waals surface area contributed by atoms with Crippen LogP contribution in [-0.2, 0) is 14.3 Å². The monoisotopic (exact) mass is 452 g/mol. The van der Waals surface area contributed by atoms with Gasteiger partial charge in [-0.1, -0.05) is 27.4 Å². The number of phenols is 1. The van der Waals surface area contributed by atoms with Crippen LogP contribution in [0.15, 0.2) is 42.5 Å². The minimum absolute atomic E-state index is 0.0560. The van der Waals surface area contributed by atoms with Gasteiger partial charge in [0.1, 0.15) is 41.4 Å². The largest absolute Gasteiger partial charge is 0.505 e. The van der Waals surface area contributed by atoms with Crippen molar-refractivity contribution in [2.75, 3.05) is 18.5 Å². The minimum atomic E-state index is -0.486. The van der Waals surface area contributed by atoms with Gasteiger partial charge in [-0.05, 0) is 44.2 Å². The van der Waals surface area contributed by atoms with Gasteiger partial charge in [0.25, 0.3) is 0 Å². The zero-order valence-electron chi connectivity index (χ0n) is 19.4. The number of rotatable bonds is 7. The number of phenolic OH excluding ortho intramolecular Hbond substituents is 1. The molecule has 1 amide bonds. The fourth-order valence-electron chi connectivity index (χ4n) is 3.34. The molecule has 2 heterocycles. The van der Waals surface area contributed by atoms with E-state index in [1.807, 2.05) is 53.0 Å². The molecule has 2 aromatic heterocycles. The number of nitrogens with one attached hydrogen (secondary N) is 1. The van der Waals surface area contributed by atoms with Crippen LogP contribution >= 0.6 is 0 Å².